The molecule has 1 aliphatic carbocycles. The van der Waals surface area contributed by atoms with Crippen LogP contribution in [0.15, 0.2) is 12.1 Å². The van der Waals surface area contributed by atoms with Crippen molar-refractivity contribution in [3.05, 3.63) is 46.0 Å². The fraction of sp³-hybridized carbons (Fsp3) is 0.308. The Labute approximate surface area is 117 Å². The molecule has 1 aromatic carbocycles. The number of aliphatic hydroxyl groups excluding tert-OH is 1. The Morgan fingerprint density at radius 2 is 1.85 bits per heavy atom. The summed E-state index contributed by atoms with van der Waals surface area (Å²) < 4.78 is 41.0. The molecule has 0 bridgehead atoms. The largest absolute Gasteiger partial charge is 0.391 e. The minimum absolute atomic E-state index is 0.0132. The first kappa shape index (κ1) is 13.5. The highest BCUT2D eigenvalue weighted by molar-refractivity contribution is 6.30. The summed E-state index contributed by atoms with van der Waals surface area (Å²) >= 11 is 6.06. The van der Waals surface area contributed by atoms with E-state index in [1.165, 1.54) is 0 Å². The minimum Gasteiger partial charge on any atom is -0.391 e. The zero-order valence-corrected chi connectivity index (χ0v) is 11.0. The molecule has 1 aliphatic rings. The molecule has 1 N–H and O–H groups in total. The van der Waals surface area contributed by atoms with Gasteiger partial charge < -0.3 is 5.11 Å². The van der Waals surface area contributed by atoms with Gasteiger partial charge in [0.25, 0.3) is 0 Å². The van der Waals surface area contributed by atoms with Gasteiger partial charge in [0.1, 0.15) is 10.8 Å². The van der Waals surface area contributed by atoms with Crippen molar-refractivity contribution in [3.8, 4) is 5.69 Å². The predicted octanol–water partition coefficient (Wildman–Crippen LogP) is 3.31. The smallest absolute Gasteiger partial charge is 0.161 e. The molecule has 7 heteroatoms. The van der Waals surface area contributed by atoms with Crippen LogP contribution in [0.2, 0.25) is 5.15 Å². The highest BCUT2D eigenvalue weighted by atomic mass is 35.5. The number of halogens is 4. The summed E-state index contributed by atoms with van der Waals surface area (Å²) in [5, 5.41) is 13.5. The van der Waals surface area contributed by atoms with Crippen LogP contribution < -0.4 is 0 Å². The van der Waals surface area contributed by atoms with Gasteiger partial charge in [0, 0.05) is 23.6 Å². The molecule has 106 valence electrons. The zero-order valence-electron chi connectivity index (χ0n) is 10.2. The normalized spacial score (nSPS) is 14.8. The van der Waals surface area contributed by atoms with Crippen molar-refractivity contribution in [2.24, 2.45) is 0 Å². The first-order valence-corrected chi connectivity index (χ1v) is 6.43. The first-order valence-electron chi connectivity index (χ1n) is 6.06. The molecule has 3 nitrogen and oxygen atoms in total. The molecule has 1 fully saturated rings. The summed E-state index contributed by atoms with van der Waals surface area (Å²) in [5.41, 5.74) is 0.704. The summed E-state index contributed by atoms with van der Waals surface area (Å²) in [7, 11) is 0. The van der Waals surface area contributed by atoms with Gasteiger partial charge in [-0.25, -0.2) is 17.9 Å². The molecule has 0 spiro atoms. The third-order valence-corrected chi connectivity index (χ3v) is 3.68. The maximum absolute atomic E-state index is 13.8. The number of aliphatic hydroxyl groups is 1. The van der Waals surface area contributed by atoms with Gasteiger partial charge in [0.15, 0.2) is 17.5 Å². The van der Waals surface area contributed by atoms with Crippen molar-refractivity contribution >= 4 is 11.6 Å². The van der Waals surface area contributed by atoms with Gasteiger partial charge in [-0.3, -0.25) is 0 Å². The molecular weight excluding hydrogens is 293 g/mol. The van der Waals surface area contributed by atoms with Crippen molar-refractivity contribution in [3.63, 3.8) is 0 Å². The zero-order chi connectivity index (χ0) is 14.4. The fourth-order valence-electron chi connectivity index (χ4n) is 2.11. The summed E-state index contributed by atoms with van der Waals surface area (Å²) in [6.07, 6.45) is 1.83. The second-order valence-electron chi connectivity index (χ2n) is 4.72. The van der Waals surface area contributed by atoms with Crippen LogP contribution in [0.1, 0.15) is 30.0 Å². The molecule has 1 heterocycles. The quantitative estimate of drug-likeness (QED) is 0.883. The van der Waals surface area contributed by atoms with Gasteiger partial charge in [0.2, 0.25) is 0 Å². The van der Waals surface area contributed by atoms with Crippen LogP contribution in [0.3, 0.4) is 0 Å². The van der Waals surface area contributed by atoms with Crippen molar-refractivity contribution in [2.75, 3.05) is 0 Å². The third-order valence-electron chi connectivity index (χ3n) is 3.29. The van der Waals surface area contributed by atoms with Crippen LogP contribution in [0.5, 0.6) is 0 Å². The second-order valence-corrected chi connectivity index (χ2v) is 5.07. The molecule has 3 rings (SSSR count). The van der Waals surface area contributed by atoms with Crippen molar-refractivity contribution in [2.45, 2.75) is 25.4 Å². The van der Waals surface area contributed by atoms with Gasteiger partial charge in [-0.1, -0.05) is 11.6 Å². The molecule has 0 radical (unpaired) electrons. The predicted molar refractivity (Wildman–Crippen MR) is 66.3 cm³/mol. The highest BCUT2D eigenvalue weighted by Gasteiger charge is 2.32. The molecule has 2 aromatic rings. The van der Waals surface area contributed by atoms with E-state index in [4.69, 9.17) is 11.6 Å². The van der Waals surface area contributed by atoms with Crippen LogP contribution in [0.4, 0.5) is 13.2 Å². The van der Waals surface area contributed by atoms with Crippen molar-refractivity contribution in [1.82, 2.24) is 9.78 Å². The lowest BCUT2D eigenvalue weighted by molar-refractivity contribution is 0.280. The van der Waals surface area contributed by atoms with Crippen LogP contribution in [0, 0.1) is 17.5 Å². The first-order chi connectivity index (χ1) is 9.52. The minimum atomic E-state index is -1.28. The Kier molecular flexibility index (Phi) is 3.22. The number of aromatic nitrogens is 2. The molecule has 1 aromatic heterocycles. The Morgan fingerprint density at radius 1 is 1.20 bits per heavy atom. The third kappa shape index (κ3) is 2.09. The lowest BCUT2D eigenvalue weighted by atomic mass is 10.2. The Bertz CT molecular complexity index is 683. The standard InChI is InChI=1S/C13H10ClF3N2O/c14-13-7(5-20)12(6-1-2-6)18-19(13)11-4-9(16)8(15)3-10(11)17/h3-4,6,20H,1-2,5H2. The molecule has 0 atom stereocenters. The van der Waals surface area contributed by atoms with Crippen LogP contribution in [0.25, 0.3) is 5.69 Å². The lowest BCUT2D eigenvalue weighted by Crippen LogP contribution is -2.03. The SMILES string of the molecule is OCc1c(C2CC2)nn(-c2cc(F)c(F)cc2F)c1Cl. The van der Waals surface area contributed by atoms with Gasteiger partial charge in [-0.05, 0) is 12.8 Å². The maximum Gasteiger partial charge on any atom is 0.161 e. The Morgan fingerprint density at radius 3 is 2.45 bits per heavy atom. The number of hydrogen-bond donors (Lipinski definition) is 1. The molecule has 20 heavy (non-hydrogen) atoms. The Balaban J connectivity index is 2.17. The molecule has 0 saturated heterocycles. The molecule has 0 unspecified atom stereocenters. The summed E-state index contributed by atoms with van der Waals surface area (Å²) in [5.74, 6) is -3.25. The maximum atomic E-state index is 13.8. The van der Waals surface area contributed by atoms with Crippen LogP contribution in [-0.4, -0.2) is 14.9 Å². The number of hydrogen-bond acceptors (Lipinski definition) is 2. The summed E-state index contributed by atoms with van der Waals surface area (Å²) in [4.78, 5) is 0. The van der Waals surface area contributed by atoms with Crippen LogP contribution >= 0.6 is 11.6 Å². The Hall–Kier alpha value is -1.53. The van der Waals surface area contributed by atoms with E-state index >= 15 is 0 Å². The van der Waals surface area contributed by atoms with E-state index in [0.717, 1.165) is 17.5 Å². The molecule has 1 saturated carbocycles. The highest BCUT2D eigenvalue weighted by Crippen LogP contribution is 2.43. The average Bonchev–Trinajstić information content (AvgIpc) is 3.19. The molecule has 0 amide bonds. The van der Waals surface area contributed by atoms with E-state index in [1.807, 2.05) is 0 Å². The number of benzene rings is 1. The fourth-order valence-corrected chi connectivity index (χ4v) is 2.40. The number of rotatable bonds is 3. The summed E-state index contributed by atoms with van der Waals surface area (Å²) in [6, 6.07) is 1.14. The van der Waals surface area contributed by atoms with Crippen molar-refractivity contribution < 1.29 is 18.3 Å². The lowest BCUT2D eigenvalue weighted by Gasteiger charge is -2.05. The van der Waals surface area contributed by atoms with Gasteiger partial charge in [-0.2, -0.15) is 5.10 Å². The van der Waals surface area contributed by atoms with E-state index in [1.54, 1.807) is 0 Å². The van der Waals surface area contributed by atoms with E-state index in [2.05, 4.69) is 5.10 Å². The molecular formula is C13H10ClF3N2O. The molecule has 0 aliphatic heterocycles. The number of nitrogens with zero attached hydrogens (tertiary/aromatic N) is 2. The van der Waals surface area contributed by atoms with Gasteiger partial charge in [-0.15, -0.1) is 0 Å². The van der Waals surface area contributed by atoms with Gasteiger partial charge in [0.05, 0.1) is 12.3 Å². The van der Waals surface area contributed by atoms with Crippen molar-refractivity contribution in [1.29, 1.82) is 0 Å². The van der Waals surface area contributed by atoms with E-state index in [9.17, 15) is 18.3 Å². The van der Waals surface area contributed by atoms with Crippen LogP contribution in [-0.2, 0) is 6.61 Å². The van der Waals surface area contributed by atoms with E-state index in [-0.39, 0.29) is 23.4 Å². The average molecular weight is 303 g/mol. The second kappa shape index (κ2) is 4.79. The topological polar surface area (TPSA) is 38.1 Å². The van der Waals surface area contributed by atoms with Gasteiger partial charge >= 0.3 is 0 Å². The van der Waals surface area contributed by atoms with E-state index in [0.29, 0.717) is 23.4 Å². The van der Waals surface area contributed by atoms with E-state index < -0.39 is 17.5 Å². The summed E-state index contributed by atoms with van der Waals surface area (Å²) in [6.45, 7) is -0.337. The monoisotopic (exact) mass is 302 g/mol.